The molecule has 0 spiro atoms. The van der Waals surface area contributed by atoms with Crippen molar-refractivity contribution in [2.45, 2.75) is 38.5 Å². The Hall–Kier alpha value is -1.70. The van der Waals surface area contributed by atoms with Crippen molar-refractivity contribution >= 4 is 0 Å². The number of ether oxygens (including phenoxy) is 1. The molecule has 1 aliphatic carbocycles. The predicted octanol–water partition coefficient (Wildman–Crippen LogP) is 4.41. The summed E-state index contributed by atoms with van der Waals surface area (Å²) in [7, 11) is 0. The van der Waals surface area contributed by atoms with Gasteiger partial charge in [-0.1, -0.05) is 6.92 Å². The lowest BCUT2D eigenvalue weighted by Gasteiger charge is -2.31. The van der Waals surface area contributed by atoms with Crippen molar-refractivity contribution in [3.05, 3.63) is 29.8 Å². The summed E-state index contributed by atoms with van der Waals surface area (Å²) in [5.74, 6) is 0.671. The molecule has 20 heavy (non-hydrogen) atoms. The molecule has 1 fully saturated rings. The van der Waals surface area contributed by atoms with E-state index in [9.17, 15) is 13.2 Å². The van der Waals surface area contributed by atoms with Crippen molar-refractivity contribution in [3.63, 3.8) is 0 Å². The molecule has 0 heterocycles. The molecule has 3 atom stereocenters. The van der Waals surface area contributed by atoms with Gasteiger partial charge in [0.25, 0.3) is 0 Å². The quantitative estimate of drug-likeness (QED) is 0.805. The van der Waals surface area contributed by atoms with Gasteiger partial charge in [-0.05, 0) is 49.4 Å². The van der Waals surface area contributed by atoms with Crippen LogP contribution in [0.25, 0.3) is 0 Å². The second-order valence-corrected chi connectivity index (χ2v) is 5.33. The maximum absolute atomic E-state index is 12.5. The monoisotopic (exact) mass is 283 g/mol. The number of nitriles is 1. The molecule has 2 nitrogen and oxygen atoms in total. The Balaban J connectivity index is 2.07. The fraction of sp³-hybridized carbons (Fsp3) is 0.533. The highest BCUT2D eigenvalue weighted by Crippen LogP contribution is 2.33. The Kier molecular flexibility index (Phi) is 4.22. The summed E-state index contributed by atoms with van der Waals surface area (Å²) in [6, 6.07) is 6.86. The Morgan fingerprint density at radius 2 is 1.85 bits per heavy atom. The molecule has 0 radical (unpaired) electrons. The standard InChI is InChI=1S/C15H16F3NO/c1-10-2-3-11(9-19)14(8-10)20-13-6-4-12(5-7-13)15(16,17)18/h4-7,10-11,14H,2-3,8H2,1H3. The number of halogens is 3. The molecule has 0 amide bonds. The first-order chi connectivity index (χ1) is 9.40. The summed E-state index contributed by atoms with van der Waals surface area (Å²) in [6.07, 6.45) is -2.04. The van der Waals surface area contributed by atoms with Crippen LogP contribution in [0.4, 0.5) is 13.2 Å². The number of rotatable bonds is 2. The highest BCUT2D eigenvalue weighted by atomic mass is 19.4. The molecule has 5 heteroatoms. The van der Waals surface area contributed by atoms with Crippen LogP contribution in [0.5, 0.6) is 5.75 Å². The third-order valence-corrected chi connectivity index (χ3v) is 3.69. The lowest BCUT2D eigenvalue weighted by Crippen LogP contribution is -2.32. The number of benzene rings is 1. The Morgan fingerprint density at radius 3 is 2.40 bits per heavy atom. The molecule has 1 aliphatic rings. The van der Waals surface area contributed by atoms with E-state index in [-0.39, 0.29) is 12.0 Å². The molecule has 2 rings (SSSR count). The van der Waals surface area contributed by atoms with Crippen LogP contribution in [-0.4, -0.2) is 6.10 Å². The number of hydrogen-bond acceptors (Lipinski definition) is 2. The topological polar surface area (TPSA) is 33.0 Å². The minimum Gasteiger partial charge on any atom is -0.489 e. The van der Waals surface area contributed by atoms with E-state index < -0.39 is 11.7 Å². The third kappa shape index (κ3) is 3.44. The molecule has 1 saturated carbocycles. The van der Waals surface area contributed by atoms with Crippen molar-refractivity contribution in [1.29, 1.82) is 5.26 Å². The normalized spacial score (nSPS) is 26.9. The van der Waals surface area contributed by atoms with Crippen LogP contribution in [0.15, 0.2) is 24.3 Å². The zero-order valence-electron chi connectivity index (χ0n) is 11.2. The average molecular weight is 283 g/mol. The van der Waals surface area contributed by atoms with Crippen molar-refractivity contribution in [1.82, 2.24) is 0 Å². The van der Waals surface area contributed by atoms with Crippen LogP contribution in [0.3, 0.4) is 0 Å². The first-order valence-corrected chi connectivity index (χ1v) is 6.63. The third-order valence-electron chi connectivity index (χ3n) is 3.69. The van der Waals surface area contributed by atoms with E-state index >= 15 is 0 Å². The van der Waals surface area contributed by atoms with Gasteiger partial charge in [-0.15, -0.1) is 0 Å². The maximum atomic E-state index is 12.5. The minimum absolute atomic E-state index is 0.187. The Labute approximate surface area is 116 Å². The molecule has 0 aromatic heterocycles. The van der Waals surface area contributed by atoms with Crippen molar-refractivity contribution in [3.8, 4) is 11.8 Å². The Morgan fingerprint density at radius 1 is 1.20 bits per heavy atom. The second-order valence-electron chi connectivity index (χ2n) is 5.33. The van der Waals surface area contributed by atoms with Gasteiger partial charge in [-0.2, -0.15) is 18.4 Å². The van der Waals surface area contributed by atoms with Crippen LogP contribution in [0.1, 0.15) is 31.7 Å². The first kappa shape index (κ1) is 14.7. The molecule has 0 N–H and O–H groups in total. The summed E-state index contributed by atoms with van der Waals surface area (Å²) in [4.78, 5) is 0. The lowest BCUT2D eigenvalue weighted by molar-refractivity contribution is -0.137. The number of hydrogen-bond donors (Lipinski definition) is 0. The summed E-state index contributed by atoms with van der Waals surface area (Å²) in [6.45, 7) is 2.09. The molecule has 0 aliphatic heterocycles. The molecular formula is C15H16F3NO. The highest BCUT2D eigenvalue weighted by Gasteiger charge is 2.32. The molecule has 0 saturated heterocycles. The minimum atomic E-state index is -4.34. The fourth-order valence-electron chi connectivity index (χ4n) is 2.50. The van der Waals surface area contributed by atoms with Gasteiger partial charge in [0.2, 0.25) is 0 Å². The van der Waals surface area contributed by atoms with Crippen molar-refractivity contribution in [2.75, 3.05) is 0 Å². The number of alkyl halides is 3. The van der Waals surface area contributed by atoms with Gasteiger partial charge in [-0.25, -0.2) is 0 Å². The van der Waals surface area contributed by atoms with E-state index in [1.807, 2.05) is 0 Å². The summed E-state index contributed by atoms with van der Waals surface area (Å²) in [5, 5.41) is 9.10. The van der Waals surface area contributed by atoms with Crippen molar-refractivity contribution < 1.29 is 17.9 Å². The van der Waals surface area contributed by atoms with E-state index in [0.29, 0.717) is 11.7 Å². The zero-order chi connectivity index (χ0) is 14.8. The van der Waals surface area contributed by atoms with Crippen LogP contribution >= 0.6 is 0 Å². The maximum Gasteiger partial charge on any atom is 0.416 e. The molecular weight excluding hydrogens is 267 g/mol. The predicted molar refractivity (Wildman–Crippen MR) is 68.0 cm³/mol. The van der Waals surface area contributed by atoms with Crippen molar-refractivity contribution in [2.24, 2.45) is 11.8 Å². The van der Waals surface area contributed by atoms with Gasteiger partial charge in [-0.3, -0.25) is 0 Å². The smallest absolute Gasteiger partial charge is 0.416 e. The zero-order valence-corrected chi connectivity index (χ0v) is 11.2. The van der Waals surface area contributed by atoms with Crippen LogP contribution in [-0.2, 0) is 6.18 Å². The SMILES string of the molecule is CC1CCC(C#N)C(Oc2ccc(C(F)(F)F)cc2)C1. The van der Waals surface area contributed by atoms with Gasteiger partial charge in [0, 0.05) is 0 Å². The van der Waals surface area contributed by atoms with Crippen LogP contribution in [0.2, 0.25) is 0 Å². The average Bonchev–Trinajstić information content (AvgIpc) is 2.38. The van der Waals surface area contributed by atoms with Crippen LogP contribution < -0.4 is 4.74 Å². The van der Waals surface area contributed by atoms with Gasteiger partial charge in [0.05, 0.1) is 17.6 Å². The summed E-state index contributed by atoms with van der Waals surface area (Å²) in [5.41, 5.74) is -0.696. The Bertz CT molecular complexity index is 489. The van der Waals surface area contributed by atoms with E-state index in [4.69, 9.17) is 10.00 Å². The second kappa shape index (κ2) is 5.74. The largest absolute Gasteiger partial charge is 0.489 e. The van der Waals surface area contributed by atoms with E-state index in [1.54, 1.807) is 0 Å². The molecule has 3 unspecified atom stereocenters. The van der Waals surface area contributed by atoms with E-state index in [0.717, 1.165) is 31.4 Å². The van der Waals surface area contributed by atoms with Gasteiger partial charge >= 0.3 is 6.18 Å². The summed E-state index contributed by atoms with van der Waals surface area (Å²) >= 11 is 0. The number of nitrogens with zero attached hydrogens (tertiary/aromatic N) is 1. The fourth-order valence-corrected chi connectivity index (χ4v) is 2.50. The van der Waals surface area contributed by atoms with Gasteiger partial charge in [0.1, 0.15) is 11.9 Å². The lowest BCUT2D eigenvalue weighted by atomic mass is 9.81. The van der Waals surface area contributed by atoms with Gasteiger partial charge in [0.15, 0.2) is 0 Å². The first-order valence-electron chi connectivity index (χ1n) is 6.63. The van der Waals surface area contributed by atoms with E-state index in [1.165, 1.54) is 12.1 Å². The summed E-state index contributed by atoms with van der Waals surface area (Å²) < 4.78 is 43.1. The molecule has 1 aromatic carbocycles. The molecule has 1 aromatic rings. The van der Waals surface area contributed by atoms with E-state index in [2.05, 4.69) is 13.0 Å². The van der Waals surface area contributed by atoms with Crippen LogP contribution in [0, 0.1) is 23.2 Å². The highest BCUT2D eigenvalue weighted by molar-refractivity contribution is 5.29. The molecule has 108 valence electrons. The molecule has 0 bridgehead atoms. The van der Waals surface area contributed by atoms with Gasteiger partial charge < -0.3 is 4.74 Å².